The van der Waals surface area contributed by atoms with Crippen LogP contribution in [-0.2, 0) is 0 Å². The van der Waals surface area contributed by atoms with E-state index in [4.69, 9.17) is 5.73 Å². The Labute approximate surface area is 131 Å². The van der Waals surface area contributed by atoms with Crippen molar-refractivity contribution in [1.29, 1.82) is 0 Å². The minimum absolute atomic E-state index is 0.310. The monoisotopic (exact) mass is 293 g/mol. The molecule has 3 nitrogen and oxygen atoms in total. The molecule has 0 aromatic rings. The van der Waals surface area contributed by atoms with Crippen molar-refractivity contribution in [2.75, 3.05) is 26.7 Å². The SMILES string of the molecule is CC(C)C1CCCN(C2(CN)CC3CCC(C2)N3C)CC1. The number of piperidine rings is 1. The quantitative estimate of drug-likeness (QED) is 0.868. The molecule has 3 rings (SSSR count). The van der Waals surface area contributed by atoms with E-state index in [0.717, 1.165) is 30.5 Å². The fraction of sp³-hybridized carbons (Fsp3) is 1.00. The zero-order chi connectivity index (χ0) is 15.0. The van der Waals surface area contributed by atoms with Crippen molar-refractivity contribution in [3.63, 3.8) is 0 Å². The fourth-order valence-corrected chi connectivity index (χ4v) is 5.36. The molecule has 0 saturated carbocycles. The van der Waals surface area contributed by atoms with Gasteiger partial charge in [0, 0.05) is 24.2 Å². The summed E-state index contributed by atoms with van der Waals surface area (Å²) >= 11 is 0. The van der Waals surface area contributed by atoms with Gasteiger partial charge in [0.2, 0.25) is 0 Å². The number of nitrogens with zero attached hydrogens (tertiary/aromatic N) is 2. The van der Waals surface area contributed by atoms with Gasteiger partial charge in [-0.2, -0.15) is 0 Å². The van der Waals surface area contributed by atoms with Crippen molar-refractivity contribution in [2.45, 2.75) is 76.4 Å². The van der Waals surface area contributed by atoms with Crippen molar-refractivity contribution < 1.29 is 0 Å². The first-order valence-electron chi connectivity index (χ1n) is 9.23. The standard InChI is InChI=1S/C18H35N3/c1-14(2)15-5-4-9-21(10-8-15)18(13-19)11-16-6-7-17(12-18)20(16)3/h14-17H,4-13,19H2,1-3H3. The van der Waals surface area contributed by atoms with Crippen LogP contribution in [0.5, 0.6) is 0 Å². The van der Waals surface area contributed by atoms with Gasteiger partial charge < -0.3 is 10.6 Å². The maximum Gasteiger partial charge on any atom is 0.0361 e. The molecule has 2 bridgehead atoms. The summed E-state index contributed by atoms with van der Waals surface area (Å²) in [5.74, 6) is 1.76. The number of hydrogen-bond donors (Lipinski definition) is 1. The largest absolute Gasteiger partial charge is 0.329 e. The summed E-state index contributed by atoms with van der Waals surface area (Å²) < 4.78 is 0. The van der Waals surface area contributed by atoms with Gasteiger partial charge in [0.1, 0.15) is 0 Å². The Kier molecular flexibility index (Phi) is 4.63. The van der Waals surface area contributed by atoms with E-state index in [9.17, 15) is 0 Å². The molecule has 0 aromatic heterocycles. The van der Waals surface area contributed by atoms with E-state index < -0.39 is 0 Å². The van der Waals surface area contributed by atoms with Gasteiger partial charge in [0.05, 0.1) is 0 Å². The van der Waals surface area contributed by atoms with Gasteiger partial charge in [-0.15, -0.1) is 0 Å². The summed E-state index contributed by atoms with van der Waals surface area (Å²) in [7, 11) is 2.33. The lowest BCUT2D eigenvalue weighted by molar-refractivity contribution is 0.00192. The molecule has 0 aliphatic carbocycles. The van der Waals surface area contributed by atoms with Crippen LogP contribution in [0.2, 0.25) is 0 Å². The third-order valence-corrected chi connectivity index (χ3v) is 6.98. The molecule has 0 aromatic carbocycles. The molecule has 3 unspecified atom stereocenters. The Morgan fingerprint density at radius 1 is 1.05 bits per heavy atom. The van der Waals surface area contributed by atoms with Crippen LogP contribution in [0.4, 0.5) is 0 Å². The van der Waals surface area contributed by atoms with E-state index in [1.165, 1.54) is 58.0 Å². The molecule has 3 fully saturated rings. The normalized spacial score (nSPS) is 42.4. The second-order valence-corrected chi connectivity index (χ2v) is 8.31. The third-order valence-electron chi connectivity index (χ3n) is 6.98. The molecule has 0 amide bonds. The predicted octanol–water partition coefficient (Wildman–Crippen LogP) is 2.70. The zero-order valence-corrected chi connectivity index (χ0v) is 14.4. The zero-order valence-electron chi connectivity index (χ0n) is 14.4. The van der Waals surface area contributed by atoms with Gasteiger partial charge in [0.15, 0.2) is 0 Å². The maximum absolute atomic E-state index is 6.35. The van der Waals surface area contributed by atoms with Gasteiger partial charge in [0.25, 0.3) is 0 Å². The molecule has 3 heterocycles. The average Bonchev–Trinajstić information content (AvgIpc) is 2.72. The highest BCUT2D eigenvalue weighted by atomic mass is 15.3. The molecular formula is C18H35N3. The first kappa shape index (κ1) is 15.8. The Bertz CT molecular complexity index is 340. The van der Waals surface area contributed by atoms with E-state index in [0.29, 0.717) is 5.54 Å². The molecule has 2 N–H and O–H groups in total. The third kappa shape index (κ3) is 2.89. The van der Waals surface area contributed by atoms with E-state index in [2.05, 4.69) is 30.7 Å². The molecule has 3 aliphatic heterocycles. The van der Waals surface area contributed by atoms with Crippen LogP contribution in [0.3, 0.4) is 0 Å². The summed E-state index contributed by atoms with van der Waals surface area (Å²) in [4.78, 5) is 5.45. The number of likely N-dealkylation sites (tertiary alicyclic amines) is 1. The van der Waals surface area contributed by atoms with Crippen molar-refractivity contribution in [1.82, 2.24) is 9.80 Å². The predicted molar refractivity (Wildman–Crippen MR) is 89.3 cm³/mol. The lowest BCUT2D eigenvalue weighted by atomic mass is 9.81. The second kappa shape index (κ2) is 6.17. The summed E-state index contributed by atoms with van der Waals surface area (Å²) in [5.41, 5.74) is 6.66. The molecule has 3 atom stereocenters. The molecule has 21 heavy (non-hydrogen) atoms. The Morgan fingerprint density at radius 2 is 1.71 bits per heavy atom. The van der Waals surface area contributed by atoms with E-state index in [-0.39, 0.29) is 0 Å². The number of nitrogens with two attached hydrogens (primary N) is 1. The number of hydrogen-bond acceptors (Lipinski definition) is 3. The molecule has 0 spiro atoms. The molecule has 3 saturated heterocycles. The van der Waals surface area contributed by atoms with Gasteiger partial charge in [-0.3, -0.25) is 4.90 Å². The minimum atomic E-state index is 0.310. The van der Waals surface area contributed by atoms with Crippen molar-refractivity contribution in [3.8, 4) is 0 Å². The first-order valence-corrected chi connectivity index (χ1v) is 9.23. The summed E-state index contributed by atoms with van der Waals surface area (Å²) in [5, 5.41) is 0. The highest BCUT2D eigenvalue weighted by molar-refractivity contribution is 5.07. The maximum atomic E-state index is 6.35. The lowest BCUT2D eigenvalue weighted by Crippen LogP contribution is -2.62. The Morgan fingerprint density at radius 3 is 2.29 bits per heavy atom. The Balaban J connectivity index is 1.71. The summed E-state index contributed by atoms with van der Waals surface area (Å²) in [6.45, 7) is 8.22. The van der Waals surface area contributed by atoms with Gasteiger partial charge in [-0.1, -0.05) is 13.8 Å². The van der Waals surface area contributed by atoms with Crippen molar-refractivity contribution >= 4 is 0 Å². The average molecular weight is 293 g/mol. The van der Waals surface area contributed by atoms with Crippen molar-refractivity contribution in [2.24, 2.45) is 17.6 Å². The molecule has 122 valence electrons. The van der Waals surface area contributed by atoms with Gasteiger partial charge in [-0.05, 0) is 76.9 Å². The fourth-order valence-electron chi connectivity index (χ4n) is 5.36. The van der Waals surface area contributed by atoms with Crippen LogP contribution in [0.1, 0.15) is 58.8 Å². The number of rotatable bonds is 3. The first-order chi connectivity index (χ1) is 10.1. The highest BCUT2D eigenvalue weighted by Crippen LogP contribution is 2.43. The van der Waals surface area contributed by atoms with Crippen LogP contribution in [0, 0.1) is 11.8 Å². The smallest absolute Gasteiger partial charge is 0.0361 e. The second-order valence-electron chi connectivity index (χ2n) is 8.31. The van der Waals surface area contributed by atoms with Gasteiger partial charge >= 0.3 is 0 Å². The molecule has 0 radical (unpaired) electrons. The minimum Gasteiger partial charge on any atom is -0.329 e. The van der Waals surface area contributed by atoms with E-state index in [1.54, 1.807) is 0 Å². The van der Waals surface area contributed by atoms with E-state index >= 15 is 0 Å². The molecule has 3 heteroatoms. The molecular weight excluding hydrogens is 258 g/mol. The topological polar surface area (TPSA) is 32.5 Å². The molecule has 3 aliphatic rings. The Hall–Kier alpha value is -0.120. The van der Waals surface area contributed by atoms with E-state index in [1.807, 2.05) is 0 Å². The van der Waals surface area contributed by atoms with Crippen LogP contribution >= 0.6 is 0 Å². The lowest BCUT2D eigenvalue weighted by Gasteiger charge is -2.51. The number of fused-ring (bicyclic) bond motifs is 2. The summed E-state index contributed by atoms with van der Waals surface area (Å²) in [6.07, 6.45) is 9.57. The van der Waals surface area contributed by atoms with Crippen molar-refractivity contribution in [3.05, 3.63) is 0 Å². The van der Waals surface area contributed by atoms with Gasteiger partial charge in [-0.25, -0.2) is 0 Å². The van der Waals surface area contributed by atoms with Crippen LogP contribution in [0.25, 0.3) is 0 Å². The summed E-state index contributed by atoms with van der Waals surface area (Å²) in [6, 6.07) is 1.58. The highest BCUT2D eigenvalue weighted by Gasteiger charge is 2.49. The van der Waals surface area contributed by atoms with Crippen LogP contribution < -0.4 is 5.73 Å². The van der Waals surface area contributed by atoms with Crippen LogP contribution in [-0.4, -0.2) is 54.1 Å². The van der Waals surface area contributed by atoms with Crippen LogP contribution in [0.15, 0.2) is 0 Å².